The van der Waals surface area contributed by atoms with Gasteiger partial charge in [-0.05, 0) is 38.0 Å². The molecule has 1 aromatic carbocycles. The third kappa shape index (κ3) is 3.05. The van der Waals surface area contributed by atoms with Crippen molar-refractivity contribution in [1.29, 1.82) is 0 Å². The molecule has 0 amide bonds. The molecule has 3 heterocycles. The molecule has 1 aliphatic heterocycles. The molecule has 128 valence electrons. The Labute approximate surface area is 145 Å². The van der Waals surface area contributed by atoms with E-state index in [9.17, 15) is 4.79 Å². The lowest BCUT2D eigenvalue weighted by atomic mass is 10.1. The zero-order valence-corrected chi connectivity index (χ0v) is 14.0. The Morgan fingerprint density at radius 3 is 3.08 bits per heavy atom. The van der Waals surface area contributed by atoms with Crippen LogP contribution in [0.3, 0.4) is 0 Å². The Hall–Kier alpha value is -2.96. The van der Waals surface area contributed by atoms with Gasteiger partial charge in [-0.3, -0.25) is 5.10 Å². The van der Waals surface area contributed by atoms with Crippen LogP contribution in [-0.4, -0.2) is 45.6 Å². The first kappa shape index (κ1) is 15.6. The lowest BCUT2D eigenvalue weighted by Crippen LogP contribution is -2.34. The van der Waals surface area contributed by atoms with E-state index in [0.29, 0.717) is 17.7 Å². The Bertz CT molecular complexity index is 890. The zero-order valence-electron chi connectivity index (χ0n) is 14.0. The summed E-state index contributed by atoms with van der Waals surface area (Å²) in [4.78, 5) is 14.6. The molecule has 0 bridgehead atoms. The van der Waals surface area contributed by atoms with Crippen LogP contribution in [0.25, 0.3) is 10.9 Å². The van der Waals surface area contributed by atoms with Crippen molar-refractivity contribution in [1.82, 2.24) is 20.4 Å². The van der Waals surface area contributed by atoms with Crippen LogP contribution in [0.15, 0.2) is 36.5 Å². The maximum absolute atomic E-state index is 12.5. The molecule has 1 fully saturated rings. The summed E-state index contributed by atoms with van der Waals surface area (Å²) in [5.74, 6) is 0.497. The molecule has 1 saturated heterocycles. The Balaban J connectivity index is 1.46. The van der Waals surface area contributed by atoms with Gasteiger partial charge in [0.2, 0.25) is 0 Å². The first-order chi connectivity index (χ1) is 12.2. The molecule has 2 aromatic heterocycles. The van der Waals surface area contributed by atoms with E-state index in [1.165, 1.54) is 0 Å². The summed E-state index contributed by atoms with van der Waals surface area (Å²) >= 11 is 0. The van der Waals surface area contributed by atoms with E-state index >= 15 is 0 Å². The minimum absolute atomic E-state index is 0.127. The average molecular weight is 337 g/mol. The average Bonchev–Trinajstić information content (AvgIpc) is 3.29. The number of benzene rings is 1. The fourth-order valence-corrected chi connectivity index (χ4v) is 3.24. The van der Waals surface area contributed by atoms with Gasteiger partial charge < -0.3 is 9.64 Å². The summed E-state index contributed by atoms with van der Waals surface area (Å²) in [6, 6.07) is 9.53. The van der Waals surface area contributed by atoms with Gasteiger partial charge in [0.05, 0.1) is 29.0 Å². The third-order valence-corrected chi connectivity index (χ3v) is 4.56. The molecule has 1 aliphatic rings. The fraction of sp³-hybridized carbons (Fsp3) is 0.333. The van der Waals surface area contributed by atoms with Crippen molar-refractivity contribution in [2.45, 2.75) is 25.8 Å². The van der Waals surface area contributed by atoms with Crippen molar-refractivity contribution in [2.75, 3.05) is 18.1 Å². The van der Waals surface area contributed by atoms with E-state index < -0.39 is 0 Å². The van der Waals surface area contributed by atoms with Gasteiger partial charge >= 0.3 is 5.97 Å². The monoisotopic (exact) mass is 337 g/mol. The quantitative estimate of drug-likeness (QED) is 0.736. The number of fused-ring (bicyclic) bond motifs is 1. The smallest absolute Gasteiger partial charge is 0.340 e. The van der Waals surface area contributed by atoms with Crippen molar-refractivity contribution in [3.05, 3.63) is 47.8 Å². The molecule has 4 rings (SSSR count). The van der Waals surface area contributed by atoms with Crippen LogP contribution in [0.1, 0.15) is 28.9 Å². The molecule has 25 heavy (non-hydrogen) atoms. The van der Waals surface area contributed by atoms with Gasteiger partial charge in [-0.1, -0.05) is 12.1 Å². The summed E-state index contributed by atoms with van der Waals surface area (Å²) in [7, 11) is 0. The van der Waals surface area contributed by atoms with Gasteiger partial charge in [0.15, 0.2) is 5.82 Å². The van der Waals surface area contributed by atoms with E-state index in [0.717, 1.165) is 36.3 Å². The van der Waals surface area contributed by atoms with Gasteiger partial charge in [0, 0.05) is 11.9 Å². The predicted octanol–water partition coefficient (Wildman–Crippen LogP) is 2.49. The topological polar surface area (TPSA) is 84.0 Å². The van der Waals surface area contributed by atoms with Gasteiger partial charge in [0.25, 0.3) is 0 Å². The first-order valence-electron chi connectivity index (χ1n) is 8.38. The maximum Gasteiger partial charge on any atom is 0.340 e. The molecule has 3 aromatic rings. The largest absolute Gasteiger partial charge is 0.460 e. The number of aryl methyl sites for hydroxylation is 1. The van der Waals surface area contributed by atoms with Gasteiger partial charge in [-0.15, -0.1) is 5.10 Å². The number of para-hydroxylation sites is 1. The molecule has 0 aliphatic carbocycles. The molecule has 0 spiro atoms. The van der Waals surface area contributed by atoms with E-state index in [2.05, 4.69) is 25.3 Å². The standard InChI is InChI=1S/C18H19N5O2/c1-12-7-8-16(21-20-12)23-9-3-5-14(23)11-25-18(24)15-6-2-4-13-10-19-22-17(13)15/h2,4,6-8,10,14H,3,5,9,11H2,1H3,(H,19,22)/t14-/m1/s1. The molecular formula is C18H19N5O2. The lowest BCUT2D eigenvalue weighted by molar-refractivity contribution is 0.0484. The second-order valence-electron chi connectivity index (χ2n) is 6.26. The van der Waals surface area contributed by atoms with E-state index in [-0.39, 0.29) is 12.0 Å². The molecule has 0 radical (unpaired) electrons. The van der Waals surface area contributed by atoms with Crippen LogP contribution < -0.4 is 4.90 Å². The van der Waals surface area contributed by atoms with Crippen molar-refractivity contribution in [3.8, 4) is 0 Å². The minimum atomic E-state index is -0.336. The summed E-state index contributed by atoms with van der Waals surface area (Å²) in [5.41, 5.74) is 2.11. The van der Waals surface area contributed by atoms with Crippen molar-refractivity contribution >= 4 is 22.7 Å². The normalized spacial score (nSPS) is 17.2. The Kier molecular flexibility index (Phi) is 4.05. The highest BCUT2D eigenvalue weighted by Crippen LogP contribution is 2.24. The maximum atomic E-state index is 12.5. The number of esters is 1. The number of nitrogens with zero attached hydrogens (tertiary/aromatic N) is 4. The van der Waals surface area contributed by atoms with Crippen LogP contribution in [-0.2, 0) is 4.74 Å². The number of nitrogens with one attached hydrogen (secondary N) is 1. The number of H-pyrrole nitrogens is 1. The highest BCUT2D eigenvalue weighted by atomic mass is 16.5. The molecule has 7 nitrogen and oxygen atoms in total. The molecule has 7 heteroatoms. The highest BCUT2D eigenvalue weighted by Gasteiger charge is 2.27. The SMILES string of the molecule is Cc1ccc(N2CCC[C@@H]2COC(=O)c2cccc3cn[nH]c23)nn1. The Morgan fingerprint density at radius 2 is 2.24 bits per heavy atom. The Morgan fingerprint density at radius 1 is 1.32 bits per heavy atom. The number of ether oxygens (including phenoxy) is 1. The lowest BCUT2D eigenvalue weighted by Gasteiger charge is -2.24. The molecule has 0 unspecified atom stereocenters. The van der Waals surface area contributed by atoms with E-state index in [1.807, 2.05) is 31.2 Å². The van der Waals surface area contributed by atoms with Gasteiger partial charge in [0.1, 0.15) is 6.61 Å². The minimum Gasteiger partial charge on any atom is -0.460 e. The number of anilines is 1. The van der Waals surface area contributed by atoms with Gasteiger partial charge in [-0.25, -0.2) is 4.79 Å². The van der Waals surface area contributed by atoms with Crippen molar-refractivity contribution in [2.24, 2.45) is 0 Å². The number of carbonyl (C=O) groups excluding carboxylic acids is 1. The van der Waals surface area contributed by atoms with Gasteiger partial charge in [-0.2, -0.15) is 10.2 Å². The molecule has 1 N–H and O–H groups in total. The van der Waals surface area contributed by atoms with Crippen LogP contribution in [0, 0.1) is 6.92 Å². The number of aromatic nitrogens is 4. The zero-order chi connectivity index (χ0) is 17.2. The number of hydrogen-bond acceptors (Lipinski definition) is 6. The number of hydrogen-bond donors (Lipinski definition) is 1. The van der Waals surface area contributed by atoms with Crippen molar-refractivity contribution < 1.29 is 9.53 Å². The van der Waals surface area contributed by atoms with E-state index in [1.54, 1.807) is 12.3 Å². The third-order valence-electron chi connectivity index (χ3n) is 4.56. The number of rotatable bonds is 4. The molecule has 1 atom stereocenters. The second-order valence-corrected chi connectivity index (χ2v) is 6.26. The van der Waals surface area contributed by atoms with E-state index in [4.69, 9.17) is 4.74 Å². The number of aromatic amines is 1. The predicted molar refractivity (Wildman–Crippen MR) is 93.5 cm³/mol. The number of carbonyl (C=O) groups is 1. The van der Waals surface area contributed by atoms with Crippen LogP contribution in [0.5, 0.6) is 0 Å². The van der Waals surface area contributed by atoms with Crippen LogP contribution in [0.2, 0.25) is 0 Å². The van der Waals surface area contributed by atoms with Crippen LogP contribution in [0.4, 0.5) is 5.82 Å². The second kappa shape index (κ2) is 6.51. The first-order valence-corrected chi connectivity index (χ1v) is 8.38. The summed E-state index contributed by atoms with van der Waals surface area (Å²) in [6.45, 7) is 3.14. The summed E-state index contributed by atoms with van der Waals surface area (Å²) < 4.78 is 5.59. The summed E-state index contributed by atoms with van der Waals surface area (Å²) in [5, 5.41) is 16.1. The van der Waals surface area contributed by atoms with Crippen molar-refractivity contribution in [3.63, 3.8) is 0 Å². The highest BCUT2D eigenvalue weighted by molar-refractivity contribution is 6.02. The fourth-order valence-electron chi connectivity index (χ4n) is 3.24. The summed E-state index contributed by atoms with van der Waals surface area (Å²) in [6.07, 6.45) is 3.71. The molecular weight excluding hydrogens is 318 g/mol. The van der Waals surface area contributed by atoms with Crippen LogP contribution >= 0.6 is 0 Å². The molecule has 0 saturated carbocycles.